The SMILES string of the molecule is CC(NC(=O)CCn1cnc2ccccc21)C1CC2CCC1C2. The van der Waals surface area contributed by atoms with E-state index in [0.717, 1.165) is 22.9 Å². The maximum Gasteiger partial charge on any atom is 0.222 e. The third-order valence-corrected chi connectivity index (χ3v) is 5.93. The van der Waals surface area contributed by atoms with Crippen molar-refractivity contribution in [2.45, 2.75) is 51.6 Å². The van der Waals surface area contributed by atoms with Gasteiger partial charge < -0.3 is 9.88 Å². The Bertz CT molecular complexity index is 707. The van der Waals surface area contributed by atoms with Crippen LogP contribution in [-0.2, 0) is 11.3 Å². The molecule has 4 nitrogen and oxygen atoms in total. The second kappa shape index (κ2) is 5.99. The molecule has 1 N–H and O–H groups in total. The van der Waals surface area contributed by atoms with Crippen molar-refractivity contribution in [2.75, 3.05) is 0 Å². The van der Waals surface area contributed by atoms with E-state index in [1.807, 2.05) is 24.5 Å². The van der Waals surface area contributed by atoms with Gasteiger partial charge in [-0.05, 0) is 56.1 Å². The first-order valence-electron chi connectivity index (χ1n) is 8.90. The van der Waals surface area contributed by atoms with Crippen molar-refractivity contribution in [3.05, 3.63) is 30.6 Å². The lowest BCUT2D eigenvalue weighted by Gasteiger charge is -2.28. The van der Waals surface area contributed by atoms with Gasteiger partial charge in [0.15, 0.2) is 0 Å². The molecule has 4 rings (SSSR count). The van der Waals surface area contributed by atoms with Crippen molar-refractivity contribution in [1.82, 2.24) is 14.9 Å². The van der Waals surface area contributed by atoms with Crippen LogP contribution in [0.2, 0.25) is 0 Å². The molecule has 4 unspecified atom stereocenters. The van der Waals surface area contributed by atoms with Crippen molar-refractivity contribution in [3.8, 4) is 0 Å². The van der Waals surface area contributed by atoms with Crippen LogP contribution in [0.25, 0.3) is 11.0 Å². The normalized spacial score (nSPS) is 27.4. The molecule has 1 amide bonds. The van der Waals surface area contributed by atoms with E-state index in [4.69, 9.17) is 0 Å². The highest BCUT2D eigenvalue weighted by Gasteiger charge is 2.42. The van der Waals surface area contributed by atoms with Crippen molar-refractivity contribution in [1.29, 1.82) is 0 Å². The van der Waals surface area contributed by atoms with Gasteiger partial charge in [0.2, 0.25) is 5.91 Å². The predicted octanol–water partition coefficient (Wildman–Crippen LogP) is 3.37. The molecule has 1 aromatic carbocycles. The average Bonchev–Trinajstić information content (AvgIpc) is 3.28. The Morgan fingerprint density at radius 1 is 1.35 bits per heavy atom. The van der Waals surface area contributed by atoms with Crippen LogP contribution in [0.5, 0.6) is 0 Å². The summed E-state index contributed by atoms with van der Waals surface area (Å²) in [5.74, 6) is 2.65. The summed E-state index contributed by atoms with van der Waals surface area (Å²) in [6.07, 6.45) is 7.85. The molecule has 0 radical (unpaired) electrons. The van der Waals surface area contributed by atoms with Crippen molar-refractivity contribution < 1.29 is 4.79 Å². The van der Waals surface area contributed by atoms with E-state index in [0.29, 0.717) is 24.9 Å². The Hall–Kier alpha value is -1.84. The fourth-order valence-electron chi connectivity index (χ4n) is 4.75. The molecule has 4 heteroatoms. The third kappa shape index (κ3) is 2.87. The van der Waals surface area contributed by atoms with Gasteiger partial charge in [-0.2, -0.15) is 0 Å². The molecule has 0 aliphatic heterocycles. The molecule has 23 heavy (non-hydrogen) atoms. The summed E-state index contributed by atoms with van der Waals surface area (Å²) in [4.78, 5) is 16.7. The number of aryl methyl sites for hydroxylation is 1. The number of fused-ring (bicyclic) bond motifs is 3. The number of imidazole rings is 1. The van der Waals surface area contributed by atoms with E-state index in [1.165, 1.54) is 25.7 Å². The lowest BCUT2D eigenvalue weighted by atomic mass is 9.84. The molecule has 2 aliphatic carbocycles. The number of nitrogens with zero attached hydrogens (tertiary/aromatic N) is 2. The van der Waals surface area contributed by atoms with Gasteiger partial charge in [0, 0.05) is 19.0 Å². The van der Waals surface area contributed by atoms with E-state index in [9.17, 15) is 4.79 Å². The molecule has 0 spiro atoms. The summed E-state index contributed by atoms with van der Waals surface area (Å²) in [6, 6.07) is 8.37. The van der Waals surface area contributed by atoms with E-state index in [2.05, 4.69) is 27.9 Å². The first kappa shape index (κ1) is 14.7. The van der Waals surface area contributed by atoms with Gasteiger partial charge in [-0.1, -0.05) is 18.6 Å². The Kier molecular flexibility index (Phi) is 3.83. The highest BCUT2D eigenvalue weighted by molar-refractivity contribution is 5.77. The zero-order valence-electron chi connectivity index (χ0n) is 13.7. The minimum Gasteiger partial charge on any atom is -0.353 e. The van der Waals surface area contributed by atoms with Gasteiger partial charge in [-0.25, -0.2) is 4.98 Å². The first-order chi connectivity index (χ1) is 11.2. The Balaban J connectivity index is 1.32. The number of carbonyl (C=O) groups excluding carboxylic acids is 1. The smallest absolute Gasteiger partial charge is 0.222 e. The monoisotopic (exact) mass is 311 g/mol. The number of amides is 1. The molecule has 2 aliphatic rings. The molecule has 2 saturated carbocycles. The standard InChI is InChI=1S/C19H25N3O/c1-13(16-11-14-6-7-15(16)10-14)21-19(23)8-9-22-12-20-17-4-2-3-5-18(17)22/h2-5,12-16H,6-11H2,1H3,(H,21,23). The lowest BCUT2D eigenvalue weighted by molar-refractivity contribution is -0.122. The molecular weight excluding hydrogens is 286 g/mol. The van der Waals surface area contributed by atoms with Gasteiger partial charge in [0.25, 0.3) is 0 Å². The van der Waals surface area contributed by atoms with Crippen molar-refractivity contribution in [2.24, 2.45) is 17.8 Å². The molecule has 2 aromatic rings. The number of nitrogens with one attached hydrogen (secondary N) is 1. The summed E-state index contributed by atoms with van der Waals surface area (Å²) in [6.45, 7) is 2.88. The highest BCUT2D eigenvalue weighted by Crippen LogP contribution is 2.49. The lowest BCUT2D eigenvalue weighted by Crippen LogP contribution is -2.40. The van der Waals surface area contributed by atoms with Gasteiger partial charge in [-0.15, -0.1) is 0 Å². The van der Waals surface area contributed by atoms with E-state index in [-0.39, 0.29) is 5.91 Å². The molecule has 4 atom stereocenters. The van der Waals surface area contributed by atoms with E-state index >= 15 is 0 Å². The number of carbonyl (C=O) groups is 1. The van der Waals surface area contributed by atoms with Gasteiger partial charge in [-0.3, -0.25) is 4.79 Å². The van der Waals surface area contributed by atoms with Crippen LogP contribution in [0.15, 0.2) is 30.6 Å². The largest absolute Gasteiger partial charge is 0.353 e. The zero-order valence-corrected chi connectivity index (χ0v) is 13.7. The summed E-state index contributed by atoms with van der Waals surface area (Å²) in [5, 5.41) is 3.24. The molecular formula is C19H25N3O. The summed E-state index contributed by atoms with van der Waals surface area (Å²) in [7, 11) is 0. The summed E-state index contributed by atoms with van der Waals surface area (Å²) >= 11 is 0. The van der Waals surface area contributed by atoms with Crippen LogP contribution < -0.4 is 5.32 Å². The van der Waals surface area contributed by atoms with E-state index in [1.54, 1.807) is 0 Å². The Labute approximate surface area is 137 Å². The zero-order chi connectivity index (χ0) is 15.8. The Morgan fingerprint density at radius 3 is 3.00 bits per heavy atom. The molecule has 122 valence electrons. The van der Waals surface area contributed by atoms with Gasteiger partial charge in [0.1, 0.15) is 0 Å². The Morgan fingerprint density at radius 2 is 2.22 bits per heavy atom. The molecule has 0 saturated heterocycles. The van der Waals surface area contributed by atoms with Crippen molar-refractivity contribution >= 4 is 16.9 Å². The molecule has 1 aromatic heterocycles. The fourth-order valence-corrected chi connectivity index (χ4v) is 4.75. The quantitative estimate of drug-likeness (QED) is 0.920. The number of aromatic nitrogens is 2. The van der Waals surface area contributed by atoms with Crippen LogP contribution >= 0.6 is 0 Å². The summed E-state index contributed by atoms with van der Waals surface area (Å²) in [5.41, 5.74) is 2.09. The number of rotatable bonds is 5. The molecule has 2 fully saturated rings. The maximum absolute atomic E-state index is 12.3. The van der Waals surface area contributed by atoms with Gasteiger partial charge in [0.05, 0.1) is 17.4 Å². The van der Waals surface area contributed by atoms with Crippen molar-refractivity contribution in [3.63, 3.8) is 0 Å². The van der Waals surface area contributed by atoms with Gasteiger partial charge >= 0.3 is 0 Å². The third-order valence-electron chi connectivity index (χ3n) is 5.93. The minimum atomic E-state index is 0.165. The molecule has 1 heterocycles. The minimum absolute atomic E-state index is 0.165. The van der Waals surface area contributed by atoms with E-state index < -0.39 is 0 Å². The molecule has 2 bridgehead atoms. The predicted molar refractivity (Wildman–Crippen MR) is 90.9 cm³/mol. The number of para-hydroxylation sites is 2. The van der Waals surface area contributed by atoms with Crippen LogP contribution in [0.1, 0.15) is 39.0 Å². The number of benzene rings is 1. The maximum atomic E-state index is 12.3. The summed E-state index contributed by atoms with van der Waals surface area (Å²) < 4.78 is 2.07. The second-order valence-corrected chi connectivity index (χ2v) is 7.37. The van der Waals surface area contributed by atoms with Crippen LogP contribution in [0, 0.1) is 17.8 Å². The van der Waals surface area contributed by atoms with Crippen LogP contribution in [0.3, 0.4) is 0 Å². The number of hydrogen-bond donors (Lipinski definition) is 1. The van der Waals surface area contributed by atoms with Crippen LogP contribution in [0.4, 0.5) is 0 Å². The second-order valence-electron chi connectivity index (χ2n) is 7.37. The number of hydrogen-bond acceptors (Lipinski definition) is 2. The first-order valence-corrected chi connectivity index (χ1v) is 8.90. The van der Waals surface area contributed by atoms with Crippen LogP contribution in [-0.4, -0.2) is 21.5 Å². The average molecular weight is 311 g/mol. The highest BCUT2D eigenvalue weighted by atomic mass is 16.1. The topological polar surface area (TPSA) is 46.9 Å². The fraction of sp³-hybridized carbons (Fsp3) is 0.579.